The molecule has 1 saturated heterocycles. The van der Waals surface area contributed by atoms with E-state index in [2.05, 4.69) is 33.0 Å². The fraction of sp³-hybridized carbons (Fsp3) is 0.368. The molecule has 1 heterocycles. The summed E-state index contributed by atoms with van der Waals surface area (Å²) in [6.07, 6.45) is 0.825. The maximum absolute atomic E-state index is 13.2. The Hall–Kier alpha value is -1.57. The van der Waals surface area contributed by atoms with Crippen molar-refractivity contribution in [2.75, 3.05) is 37.7 Å². The van der Waals surface area contributed by atoms with Crippen molar-refractivity contribution in [3.05, 3.63) is 53.0 Å². The summed E-state index contributed by atoms with van der Waals surface area (Å²) in [5, 5.41) is 0. The standard InChI is InChI=1S/C19H23BrN2O3S/c1-2-14-25-18-9-8-16(20)15-19(18)26(23,24)22-12-10-21(11-13-22)17-6-4-3-5-7-17/h3-9,15H,2,10-14H2,1H3. The van der Waals surface area contributed by atoms with Gasteiger partial charge in [-0.3, -0.25) is 0 Å². The van der Waals surface area contributed by atoms with Gasteiger partial charge in [0, 0.05) is 36.3 Å². The van der Waals surface area contributed by atoms with Crippen molar-refractivity contribution in [1.82, 2.24) is 4.31 Å². The van der Waals surface area contributed by atoms with Gasteiger partial charge in [0.1, 0.15) is 10.6 Å². The van der Waals surface area contributed by atoms with E-state index in [0.717, 1.165) is 16.6 Å². The van der Waals surface area contributed by atoms with Crippen molar-refractivity contribution in [2.24, 2.45) is 0 Å². The Morgan fingerprint density at radius 1 is 1.04 bits per heavy atom. The number of nitrogens with zero attached hydrogens (tertiary/aromatic N) is 2. The molecule has 0 aromatic heterocycles. The number of benzene rings is 2. The van der Waals surface area contributed by atoms with E-state index in [9.17, 15) is 8.42 Å². The summed E-state index contributed by atoms with van der Waals surface area (Å²) in [4.78, 5) is 2.44. The molecule has 7 heteroatoms. The Kier molecular flexibility index (Phi) is 6.21. The first-order valence-corrected chi connectivity index (χ1v) is 11.0. The predicted octanol–water partition coefficient (Wildman–Crippen LogP) is 3.75. The molecule has 0 bridgehead atoms. The van der Waals surface area contributed by atoms with Crippen LogP contribution in [0.3, 0.4) is 0 Å². The number of para-hydroxylation sites is 1. The first kappa shape index (κ1) is 19.2. The highest BCUT2D eigenvalue weighted by Crippen LogP contribution is 2.31. The van der Waals surface area contributed by atoms with Gasteiger partial charge in [0.05, 0.1) is 6.61 Å². The summed E-state index contributed by atoms with van der Waals surface area (Å²) < 4.78 is 34.3. The molecule has 3 rings (SSSR count). The van der Waals surface area contributed by atoms with Crippen molar-refractivity contribution < 1.29 is 13.2 Å². The number of ether oxygens (including phenoxy) is 1. The molecule has 1 aliphatic heterocycles. The second-order valence-electron chi connectivity index (χ2n) is 6.17. The molecule has 140 valence electrons. The molecule has 2 aromatic carbocycles. The molecule has 1 fully saturated rings. The predicted molar refractivity (Wildman–Crippen MR) is 107 cm³/mol. The van der Waals surface area contributed by atoms with Crippen LogP contribution in [0.4, 0.5) is 5.69 Å². The zero-order chi connectivity index (χ0) is 18.6. The zero-order valence-electron chi connectivity index (χ0n) is 14.8. The van der Waals surface area contributed by atoms with Crippen molar-refractivity contribution >= 4 is 31.6 Å². The maximum Gasteiger partial charge on any atom is 0.246 e. The highest BCUT2D eigenvalue weighted by molar-refractivity contribution is 9.10. The largest absolute Gasteiger partial charge is 0.492 e. The molecule has 0 N–H and O–H groups in total. The number of sulfonamides is 1. The summed E-state index contributed by atoms with van der Waals surface area (Å²) in [5.41, 5.74) is 1.12. The Balaban J connectivity index is 1.78. The highest BCUT2D eigenvalue weighted by Gasteiger charge is 2.31. The minimum Gasteiger partial charge on any atom is -0.492 e. The summed E-state index contributed by atoms with van der Waals surface area (Å²) in [6.45, 7) is 4.74. The molecular weight excluding hydrogens is 416 g/mol. The first-order chi connectivity index (χ1) is 12.5. The molecule has 0 spiro atoms. The molecule has 2 aromatic rings. The molecule has 26 heavy (non-hydrogen) atoms. The van der Waals surface area contributed by atoms with E-state index >= 15 is 0 Å². The van der Waals surface area contributed by atoms with Gasteiger partial charge in [-0.1, -0.05) is 41.1 Å². The number of hydrogen-bond donors (Lipinski definition) is 0. The van der Waals surface area contributed by atoms with E-state index in [-0.39, 0.29) is 4.90 Å². The van der Waals surface area contributed by atoms with Crippen LogP contribution in [-0.4, -0.2) is 45.5 Å². The summed E-state index contributed by atoms with van der Waals surface area (Å²) in [7, 11) is -3.60. The van der Waals surface area contributed by atoms with E-state index in [4.69, 9.17) is 4.74 Å². The number of anilines is 1. The van der Waals surface area contributed by atoms with Gasteiger partial charge in [0.2, 0.25) is 10.0 Å². The fourth-order valence-corrected chi connectivity index (χ4v) is 5.07. The van der Waals surface area contributed by atoms with Crippen LogP contribution in [0.15, 0.2) is 57.9 Å². The fourth-order valence-electron chi connectivity index (χ4n) is 2.98. The summed E-state index contributed by atoms with van der Waals surface area (Å²) in [5.74, 6) is 0.417. The van der Waals surface area contributed by atoms with Crippen molar-refractivity contribution in [3.8, 4) is 5.75 Å². The lowest BCUT2D eigenvalue weighted by Gasteiger charge is -2.35. The number of hydrogen-bond acceptors (Lipinski definition) is 4. The lowest BCUT2D eigenvalue weighted by Crippen LogP contribution is -2.48. The van der Waals surface area contributed by atoms with Crippen molar-refractivity contribution in [1.29, 1.82) is 0 Å². The SMILES string of the molecule is CCCOc1ccc(Br)cc1S(=O)(=O)N1CCN(c2ccccc2)CC1. The third-order valence-corrected chi connectivity index (χ3v) is 6.76. The Morgan fingerprint density at radius 3 is 2.38 bits per heavy atom. The number of rotatable bonds is 6. The Morgan fingerprint density at radius 2 is 1.73 bits per heavy atom. The maximum atomic E-state index is 13.2. The normalized spacial score (nSPS) is 15.8. The van der Waals surface area contributed by atoms with Crippen molar-refractivity contribution in [3.63, 3.8) is 0 Å². The van der Waals surface area contributed by atoms with Crippen LogP contribution in [0, 0.1) is 0 Å². The lowest BCUT2D eigenvalue weighted by atomic mass is 10.2. The van der Waals surface area contributed by atoms with Crippen LogP contribution < -0.4 is 9.64 Å². The third-order valence-electron chi connectivity index (χ3n) is 4.35. The molecule has 1 aliphatic rings. The molecule has 0 aliphatic carbocycles. The number of piperazine rings is 1. The minimum absolute atomic E-state index is 0.230. The van der Waals surface area contributed by atoms with Gasteiger partial charge in [-0.05, 0) is 36.8 Å². The third kappa shape index (κ3) is 4.22. The zero-order valence-corrected chi connectivity index (χ0v) is 17.2. The van der Waals surface area contributed by atoms with Crippen LogP contribution >= 0.6 is 15.9 Å². The summed E-state index contributed by atoms with van der Waals surface area (Å²) >= 11 is 3.37. The van der Waals surface area contributed by atoms with Crippen LogP contribution in [0.5, 0.6) is 5.75 Å². The number of halogens is 1. The quantitative estimate of drug-likeness (QED) is 0.688. The van der Waals surface area contributed by atoms with E-state index < -0.39 is 10.0 Å². The van der Waals surface area contributed by atoms with Gasteiger partial charge >= 0.3 is 0 Å². The lowest BCUT2D eigenvalue weighted by molar-refractivity contribution is 0.307. The Labute approximate surface area is 163 Å². The van der Waals surface area contributed by atoms with Crippen molar-refractivity contribution in [2.45, 2.75) is 18.2 Å². The molecule has 5 nitrogen and oxygen atoms in total. The second-order valence-corrected chi connectivity index (χ2v) is 8.99. The van der Waals surface area contributed by atoms with E-state index in [1.54, 1.807) is 22.5 Å². The monoisotopic (exact) mass is 438 g/mol. The van der Waals surface area contributed by atoms with Gasteiger partial charge in [0.15, 0.2) is 0 Å². The molecule has 0 unspecified atom stereocenters. The molecule has 0 radical (unpaired) electrons. The minimum atomic E-state index is -3.60. The van der Waals surface area contributed by atoms with Gasteiger partial charge in [-0.2, -0.15) is 4.31 Å². The average Bonchev–Trinajstić information content (AvgIpc) is 2.68. The molecule has 0 saturated carbocycles. The molecule has 0 amide bonds. The smallest absolute Gasteiger partial charge is 0.246 e. The van der Waals surface area contributed by atoms with E-state index in [1.165, 1.54) is 0 Å². The van der Waals surface area contributed by atoms with E-state index in [0.29, 0.717) is 38.5 Å². The Bertz CT molecular complexity index is 835. The van der Waals surface area contributed by atoms with Gasteiger partial charge < -0.3 is 9.64 Å². The topological polar surface area (TPSA) is 49.9 Å². The average molecular weight is 439 g/mol. The second kappa shape index (κ2) is 8.41. The van der Waals surface area contributed by atoms with Gasteiger partial charge in [-0.25, -0.2) is 8.42 Å². The van der Waals surface area contributed by atoms with Gasteiger partial charge in [0.25, 0.3) is 0 Å². The van der Waals surface area contributed by atoms with Crippen LogP contribution in [0.25, 0.3) is 0 Å². The van der Waals surface area contributed by atoms with Gasteiger partial charge in [-0.15, -0.1) is 0 Å². The molecule has 0 atom stereocenters. The summed E-state index contributed by atoms with van der Waals surface area (Å²) in [6, 6.07) is 15.2. The van der Waals surface area contributed by atoms with Crippen LogP contribution in [0.2, 0.25) is 0 Å². The van der Waals surface area contributed by atoms with E-state index in [1.807, 2.05) is 25.1 Å². The molecular formula is C19H23BrN2O3S. The van der Waals surface area contributed by atoms with Crippen LogP contribution in [0.1, 0.15) is 13.3 Å². The first-order valence-electron chi connectivity index (χ1n) is 8.75. The van der Waals surface area contributed by atoms with Crippen LogP contribution in [-0.2, 0) is 10.0 Å². The highest BCUT2D eigenvalue weighted by atomic mass is 79.9.